The summed E-state index contributed by atoms with van der Waals surface area (Å²) in [7, 11) is 3.21. The van der Waals surface area contributed by atoms with Crippen LogP contribution in [0.1, 0.15) is 0 Å². The Morgan fingerprint density at radius 1 is 1.00 bits per heavy atom. The highest BCUT2D eigenvalue weighted by Crippen LogP contribution is 2.36. The minimum absolute atomic E-state index is 0.475. The molecule has 112 valence electrons. The third-order valence-electron chi connectivity index (χ3n) is 2.88. The van der Waals surface area contributed by atoms with Gasteiger partial charge in [0.15, 0.2) is 11.5 Å². The van der Waals surface area contributed by atoms with Gasteiger partial charge in [0.25, 0.3) is 0 Å². The van der Waals surface area contributed by atoms with Gasteiger partial charge in [-0.15, -0.1) is 0 Å². The van der Waals surface area contributed by atoms with Crippen LogP contribution in [0.15, 0.2) is 42.5 Å². The third kappa shape index (κ3) is 4.20. The topological polar surface area (TPSA) is 39.7 Å². The Bertz CT molecular complexity index is 567. The molecule has 0 fully saturated rings. The van der Waals surface area contributed by atoms with E-state index >= 15 is 0 Å². The summed E-state index contributed by atoms with van der Waals surface area (Å²) in [6.07, 6.45) is 0. The summed E-state index contributed by atoms with van der Waals surface area (Å²) in [5, 5.41) is 3.94. The minimum Gasteiger partial charge on any atom is -0.493 e. The lowest BCUT2D eigenvalue weighted by atomic mass is 10.3. The fraction of sp³-hybridized carbons (Fsp3) is 0.250. The van der Waals surface area contributed by atoms with Crippen molar-refractivity contribution in [3.05, 3.63) is 47.5 Å². The van der Waals surface area contributed by atoms with Gasteiger partial charge in [0, 0.05) is 17.3 Å². The number of anilines is 1. The highest BCUT2D eigenvalue weighted by molar-refractivity contribution is 6.30. The van der Waals surface area contributed by atoms with E-state index in [1.165, 1.54) is 0 Å². The molecular formula is C16H18ClNO3. The van der Waals surface area contributed by atoms with E-state index in [0.717, 1.165) is 5.69 Å². The highest BCUT2D eigenvalue weighted by Gasteiger charge is 2.10. The number of hydrogen-bond acceptors (Lipinski definition) is 4. The molecule has 4 nitrogen and oxygen atoms in total. The van der Waals surface area contributed by atoms with E-state index in [0.29, 0.717) is 35.4 Å². The van der Waals surface area contributed by atoms with E-state index in [4.69, 9.17) is 25.8 Å². The van der Waals surface area contributed by atoms with Crippen molar-refractivity contribution < 1.29 is 14.2 Å². The molecule has 0 aliphatic carbocycles. The van der Waals surface area contributed by atoms with Crippen molar-refractivity contribution in [2.75, 3.05) is 32.7 Å². The van der Waals surface area contributed by atoms with Gasteiger partial charge in [-0.05, 0) is 30.3 Å². The molecule has 0 heterocycles. The molecule has 1 N–H and O–H groups in total. The van der Waals surface area contributed by atoms with Gasteiger partial charge in [0.2, 0.25) is 5.75 Å². The van der Waals surface area contributed by atoms with Crippen LogP contribution < -0.4 is 19.5 Å². The summed E-state index contributed by atoms with van der Waals surface area (Å²) < 4.78 is 16.3. The van der Waals surface area contributed by atoms with E-state index < -0.39 is 0 Å². The molecule has 2 aromatic rings. The van der Waals surface area contributed by atoms with E-state index in [2.05, 4.69) is 5.32 Å². The molecule has 2 aromatic carbocycles. The van der Waals surface area contributed by atoms with E-state index in [1.54, 1.807) is 14.2 Å². The largest absolute Gasteiger partial charge is 0.493 e. The monoisotopic (exact) mass is 307 g/mol. The third-order valence-corrected chi connectivity index (χ3v) is 3.12. The smallest absolute Gasteiger partial charge is 0.203 e. The predicted octanol–water partition coefficient (Wildman–Crippen LogP) is 3.85. The zero-order valence-electron chi connectivity index (χ0n) is 12.1. The Morgan fingerprint density at radius 3 is 2.29 bits per heavy atom. The van der Waals surface area contributed by atoms with Crippen LogP contribution in [0.5, 0.6) is 17.2 Å². The Hall–Kier alpha value is -2.07. The maximum atomic E-state index is 5.93. The van der Waals surface area contributed by atoms with Crippen LogP contribution in [0, 0.1) is 0 Å². The van der Waals surface area contributed by atoms with Crippen LogP contribution >= 0.6 is 11.6 Å². The summed E-state index contributed by atoms with van der Waals surface area (Å²) >= 11 is 5.93. The molecule has 5 heteroatoms. The van der Waals surface area contributed by atoms with Crippen molar-refractivity contribution in [1.29, 1.82) is 0 Å². The molecule has 0 spiro atoms. The number of benzene rings is 2. The summed E-state index contributed by atoms with van der Waals surface area (Å²) in [5.41, 5.74) is 0.957. The van der Waals surface area contributed by atoms with Gasteiger partial charge in [0.05, 0.1) is 14.2 Å². The molecule has 0 saturated heterocycles. The van der Waals surface area contributed by atoms with Crippen molar-refractivity contribution in [3.8, 4) is 17.2 Å². The number of para-hydroxylation sites is 1. The Morgan fingerprint density at radius 2 is 1.67 bits per heavy atom. The fourth-order valence-corrected chi connectivity index (χ4v) is 2.10. The van der Waals surface area contributed by atoms with Crippen LogP contribution in [0.3, 0.4) is 0 Å². The number of hydrogen-bond donors (Lipinski definition) is 1. The Labute approximate surface area is 129 Å². The molecule has 2 rings (SSSR count). The lowest BCUT2D eigenvalue weighted by molar-refractivity contribution is 0.284. The van der Waals surface area contributed by atoms with Crippen molar-refractivity contribution in [2.45, 2.75) is 0 Å². The van der Waals surface area contributed by atoms with Crippen molar-refractivity contribution in [3.63, 3.8) is 0 Å². The molecule has 21 heavy (non-hydrogen) atoms. The van der Waals surface area contributed by atoms with Gasteiger partial charge < -0.3 is 19.5 Å². The maximum absolute atomic E-state index is 5.93. The Kier molecular flexibility index (Phi) is 5.58. The summed E-state index contributed by atoms with van der Waals surface area (Å²) in [6, 6.07) is 13.1. The number of halogens is 1. The first-order valence-electron chi connectivity index (χ1n) is 6.58. The molecule has 0 atom stereocenters. The molecule has 0 saturated carbocycles. The highest BCUT2D eigenvalue weighted by atomic mass is 35.5. The number of ether oxygens (including phenoxy) is 3. The SMILES string of the molecule is COc1cccc(OC)c1OCCNc1cccc(Cl)c1. The molecule has 0 unspecified atom stereocenters. The van der Waals surface area contributed by atoms with Gasteiger partial charge in [-0.3, -0.25) is 0 Å². The van der Waals surface area contributed by atoms with Crippen LogP contribution in [0.25, 0.3) is 0 Å². The van der Waals surface area contributed by atoms with Crippen LogP contribution in [-0.2, 0) is 0 Å². The standard InChI is InChI=1S/C16H18ClNO3/c1-19-14-7-4-8-15(20-2)16(14)21-10-9-18-13-6-3-5-12(17)11-13/h3-8,11,18H,9-10H2,1-2H3. The average Bonchev–Trinajstić information content (AvgIpc) is 2.51. The second-order valence-electron chi connectivity index (χ2n) is 4.28. The number of rotatable bonds is 7. The minimum atomic E-state index is 0.475. The molecule has 0 radical (unpaired) electrons. The van der Waals surface area contributed by atoms with Gasteiger partial charge in [-0.2, -0.15) is 0 Å². The molecule has 0 amide bonds. The molecule has 0 aliphatic heterocycles. The van der Waals surface area contributed by atoms with Crippen LogP contribution in [0.4, 0.5) is 5.69 Å². The maximum Gasteiger partial charge on any atom is 0.203 e. The van der Waals surface area contributed by atoms with Gasteiger partial charge in [-0.1, -0.05) is 23.7 Å². The number of nitrogens with one attached hydrogen (secondary N) is 1. The fourth-order valence-electron chi connectivity index (χ4n) is 1.91. The predicted molar refractivity (Wildman–Crippen MR) is 85.0 cm³/mol. The molecule has 0 aromatic heterocycles. The van der Waals surface area contributed by atoms with Gasteiger partial charge in [-0.25, -0.2) is 0 Å². The normalized spacial score (nSPS) is 10.0. The van der Waals surface area contributed by atoms with Crippen LogP contribution in [0.2, 0.25) is 5.02 Å². The molecular weight excluding hydrogens is 290 g/mol. The lowest BCUT2D eigenvalue weighted by Gasteiger charge is -2.14. The van der Waals surface area contributed by atoms with Crippen molar-refractivity contribution >= 4 is 17.3 Å². The van der Waals surface area contributed by atoms with Gasteiger partial charge >= 0.3 is 0 Å². The quantitative estimate of drug-likeness (QED) is 0.789. The second-order valence-corrected chi connectivity index (χ2v) is 4.71. The number of methoxy groups -OCH3 is 2. The summed E-state index contributed by atoms with van der Waals surface area (Å²) in [4.78, 5) is 0. The van der Waals surface area contributed by atoms with E-state index in [-0.39, 0.29) is 0 Å². The first-order chi connectivity index (χ1) is 10.2. The Balaban J connectivity index is 1.91. The van der Waals surface area contributed by atoms with Gasteiger partial charge in [0.1, 0.15) is 6.61 Å². The van der Waals surface area contributed by atoms with Crippen molar-refractivity contribution in [2.24, 2.45) is 0 Å². The summed E-state index contributed by atoms with van der Waals surface area (Å²) in [6.45, 7) is 1.12. The zero-order chi connectivity index (χ0) is 15.1. The van der Waals surface area contributed by atoms with Crippen molar-refractivity contribution in [1.82, 2.24) is 0 Å². The zero-order valence-corrected chi connectivity index (χ0v) is 12.8. The summed E-state index contributed by atoms with van der Waals surface area (Å²) in [5.74, 6) is 1.91. The van der Waals surface area contributed by atoms with Crippen LogP contribution in [-0.4, -0.2) is 27.4 Å². The second kappa shape index (κ2) is 7.64. The molecule has 0 aliphatic rings. The van der Waals surface area contributed by atoms with E-state index in [9.17, 15) is 0 Å². The average molecular weight is 308 g/mol. The first kappa shape index (κ1) is 15.3. The lowest BCUT2D eigenvalue weighted by Crippen LogP contribution is -2.12. The van der Waals surface area contributed by atoms with E-state index in [1.807, 2.05) is 42.5 Å². The first-order valence-corrected chi connectivity index (χ1v) is 6.95. The molecule has 0 bridgehead atoms.